The van der Waals surface area contributed by atoms with Crippen LogP contribution in [0.1, 0.15) is 35.9 Å². The van der Waals surface area contributed by atoms with Gasteiger partial charge in [0.1, 0.15) is 5.75 Å². The maximum absolute atomic E-state index is 8.35. The molecule has 0 unspecified atom stereocenters. The van der Waals surface area contributed by atoms with E-state index in [9.17, 15) is 0 Å². The maximum atomic E-state index is 8.35. The van der Waals surface area contributed by atoms with E-state index in [4.69, 9.17) is 21.7 Å². The number of unbranched alkanes of at least 4 members (excludes halogenated alkanes) is 1. The number of ether oxygens (including phenoxy) is 1. The highest BCUT2D eigenvalue weighted by atomic mass is 35.5. The molecular weight excluding hydrogens is 330 g/mol. The summed E-state index contributed by atoms with van der Waals surface area (Å²) < 4.78 is 7.51. The Morgan fingerprint density at radius 3 is 2.78 bits per heavy atom. The molecule has 0 saturated carbocycles. The molecule has 23 heavy (non-hydrogen) atoms. The third kappa shape index (κ3) is 4.03. The Bertz CT molecular complexity index is 777. The van der Waals surface area contributed by atoms with Gasteiger partial charge < -0.3 is 9.30 Å². The molecule has 1 N–H and O–H groups in total. The number of nitrogens with zero attached hydrogens (tertiary/aromatic N) is 2. The van der Waals surface area contributed by atoms with Gasteiger partial charge in [-0.05, 0) is 38.5 Å². The molecule has 0 saturated heterocycles. The second-order valence-electron chi connectivity index (χ2n) is 5.34. The van der Waals surface area contributed by atoms with E-state index < -0.39 is 0 Å². The fraction of sp³-hybridized carbons (Fsp3) is 0.412. The lowest BCUT2D eigenvalue weighted by atomic mass is 10.2. The zero-order valence-electron chi connectivity index (χ0n) is 13.9. The Hall–Kier alpha value is -1.59. The average Bonchev–Trinajstić information content (AvgIpc) is 2.79. The molecule has 2 rings (SSSR count). The van der Waals surface area contributed by atoms with Crippen molar-refractivity contribution in [3.8, 4) is 5.75 Å². The predicted molar refractivity (Wildman–Crippen MR) is 97.1 cm³/mol. The number of nitrogens with one attached hydrogen (secondary N) is 1. The molecule has 124 valence electrons. The van der Waals surface area contributed by atoms with Crippen molar-refractivity contribution in [2.24, 2.45) is 4.99 Å². The van der Waals surface area contributed by atoms with Gasteiger partial charge in [-0.2, -0.15) is 0 Å². The Kier molecular flexibility index (Phi) is 6.02. The lowest BCUT2D eigenvalue weighted by Gasteiger charge is -2.08. The Labute approximate surface area is 145 Å². The third-order valence-electron chi connectivity index (χ3n) is 3.75. The number of aryl methyl sites for hydroxylation is 1. The minimum absolute atomic E-state index is 0.163. The van der Waals surface area contributed by atoms with Gasteiger partial charge in [-0.1, -0.05) is 24.9 Å². The van der Waals surface area contributed by atoms with Gasteiger partial charge in [0.25, 0.3) is 0 Å². The van der Waals surface area contributed by atoms with Crippen molar-refractivity contribution in [2.75, 3.05) is 7.11 Å². The van der Waals surface area contributed by atoms with Gasteiger partial charge in [0.05, 0.1) is 12.7 Å². The van der Waals surface area contributed by atoms with Gasteiger partial charge in [-0.3, -0.25) is 5.41 Å². The molecule has 0 spiro atoms. The van der Waals surface area contributed by atoms with Crippen molar-refractivity contribution in [1.29, 1.82) is 5.41 Å². The topological polar surface area (TPSA) is 50.4 Å². The van der Waals surface area contributed by atoms with Crippen molar-refractivity contribution >= 4 is 28.8 Å². The number of methoxy groups -OCH3 is 1. The molecule has 4 nitrogen and oxygen atoms in total. The Morgan fingerprint density at radius 1 is 1.39 bits per heavy atom. The largest absolute Gasteiger partial charge is 0.496 e. The number of hydrogen-bond acceptors (Lipinski definition) is 3. The third-order valence-corrected chi connectivity index (χ3v) is 5.08. The molecular formula is C17H22ClN3OS. The van der Waals surface area contributed by atoms with E-state index in [2.05, 4.69) is 30.3 Å². The highest BCUT2D eigenvalue weighted by Crippen LogP contribution is 2.23. The molecule has 0 aliphatic rings. The van der Waals surface area contributed by atoms with E-state index >= 15 is 0 Å². The van der Waals surface area contributed by atoms with Crippen LogP contribution in [0.4, 0.5) is 0 Å². The molecule has 0 aliphatic heterocycles. The molecule has 0 amide bonds. The average molecular weight is 352 g/mol. The van der Waals surface area contributed by atoms with Crippen LogP contribution in [-0.4, -0.2) is 17.5 Å². The lowest BCUT2D eigenvalue weighted by Crippen LogP contribution is -2.18. The lowest BCUT2D eigenvalue weighted by molar-refractivity contribution is 0.414. The van der Waals surface area contributed by atoms with E-state index in [1.807, 2.05) is 0 Å². The summed E-state index contributed by atoms with van der Waals surface area (Å²) in [6.07, 6.45) is 2.22. The van der Waals surface area contributed by atoms with Crippen LogP contribution in [-0.2, 0) is 6.54 Å². The summed E-state index contributed by atoms with van der Waals surface area (Å²) in [5.41, 5.74) is 1.82. The molecule has 1 aromatic heterocycles. The standard InChI is InChI=1S/C17H22ClN3OS/c1-5-6-9-21-11(2)12(3)23-17(21)20-16(19)14-10-13(18)7-8-15(14)22-4/h7-8,10,19H,5-6,9H2,1-4H3. The quantitative estimate of drug-likeness (QED) is 0.623. The molecule has 0 radical (unpaired) electrons. The minimum atomic E-state index is 0.163. The summed E-state index contributed by atoms with van der Waals surface area (Å²) >= 11 is 7.67. The van der Waals surface area contributed by atoms with Crippen LogP contribution in [0.5, 0.6) is 5.75 Å². The monoisotopic (exact) mass is 351 g/mol. The molecule has 1 heterocycles. The number of rotatable bonds is 5. The molecule has 0 fully saturated rings. The summed E-state index contributed by atoms with van der Waals surface area (Å²) in [4.78, 5) is 6.61. The van der Waals surface area contributed by atoms with E-state index in [0.29, 0.717) is 16.3 Å². The van der Waals surface area contributed by atoms with E-state index in [1.165, 1.54) is 10.6 Å². The summed E-state index contributed by atoms with van der Waals surface area (Å²) in [6, 6.07) is 5.23. The van der Waals surface area contributed by atoms with Crippen LogP contribution in [0.25, 0.3) is 0 Å². The highest BCUT2D eigenvalue weighted by molar-refractivity contribution is 7.09. The fourth-order valence-electron chi connectivity index (χ4n) is 2.28. The van der Waals surface area contributed by atoms with Crippen molar-refractivity contribution < 1.29 is 4.74 Å². The zero-order chi connectivity index (χ0) is 17.0. The first-order valence-corrected chi connectivity index (χ1v) is 8.81. The number of hydrogen-bond donors (Lipinski definition) is 1. The minimum Gasteiger partial charge on any atom is -0.496 e. The van der Waals surface area contributed by atoms with Gasteiger partial charge in [0.2, 0.25) is 0 Å². The van der Waals surface area contributed by atoms with Crippen molar-refractivity contribution in [3.05, 3.63) is 44.2 Å². The van der Waals surface area contributed by atoms with Gasteiger partial charge in [0, 0.05) is 22.1 Å². The first kappa shape index (κ1) is 17.8. The number of benzene rings is 1. The molecule has 0 aliphatic carbocycles. The number of amidine groups is 1. The SMILES string of the molecule is CCCCn1c(C)c(C)sc1=NC(=N)c1cc(Cl)ccc1OC. The normalized spacial score (nSPS) is 11.8. The van der Waals surface area contributed by atoms with Crippen LogP contribution in [0.3, 0.4) is 0 Å². The van der Waals surface area contributed by atoms with E-state index in [-0.39, 0.29) is 5.84 Å². The second kappa shape index (κ2) is 7.79. The fourth-order valence-corrected chi connectivity index (χ4v) is 3.46. The summed E-state index contributed by atoms with van der Waals surface area (Å²) in [6.45, 7) is 7.28. The Balaban J connectivity index is 2.48. The van der Waals surface area contributed by atoms with Gasteiger partial charge in [0.15, 0.2) is 10.6 Å². The molecule has 0 atom stereocenters. The number of halogens is 1. The summed E-state index contributed by atoms with van der Waals surface area (Å²) in [5, 5.41) is 8.92. The van der Waals surface area contributed by atoms with E-state index in [1.54, 1.807) is 36.6 Å². The molecule has 6 heteroatoms. The smallest absolute Gasteiger partial charge is 0.191 e. The second-order valence-corrected chi connectivity index (χ2v) is 6.95. The van der Waals surface area contributed by atoms with Crippen LogP contribution >= 0.6 is 22.9 Å². The van der Waals surface area contributed by atoms with Gasteiger partial charge in [-0.25, -0.2) is 4.99 Å². The van der Waals surface area contributed by atoms with Crippen molar-refractivity contribution in [1.82, 2.24) is 4.57 Å². The Morgan fingerprint density at radius 2 is 2.13 bits per heavy atom. The van der Waals surface area contributed by atoms with Crippen molar-refractivity contribution in [2.45, 2.75) is 40.2 Å². The number of aromatic nitrogens is 1. The molecule has 2 aromatic rings. The van der Waals surface area contributed by atoms with E-state index in [0.717, 1.165) is 24.2 Å². The maximum Gasteiger partial charge on any atom is 0.191 e. The number of thiazole rings is 1. The van der Waals surface area contributed by atoms with Gasteiger partial charge >= 0.3 is 0 Å². The van der Waals surface area contributed by atoms with Crippen LogP contribution in [0.2, 0.25) is 5.02 Å². The highest BCUT2D eigenvalue weighted by Gasteiger charge is 2.11. The van der Waals surface area contributed by atoms with Gasteiger partial charge in [-0.15, -0.1) is 11.3 Å². The van der Waals surface area contributed by atoms with Crippen LogP contribution in [0, 0.1) is 19.3 Å². The van der Waals surface area contributed by atoms with Crippen LogP contribution < -0.4 is 9.54 Å². The zero-order valence-corrected chi connectivity index (χ0v) is 15.5. The summed E-state index contributed by atoms with van der Waals surface area (Å²) in [5.74, 6) is 0.768. The predicted octanol–water partition coefficient (Wildman–Crippen LogP) is 4.55. The first-order valence-electron chi connectivity index (χ1n) is 7.62. The van der Waals surface area contributed by atoms with Crippen LogP contribution in [0.15, 0.2) is 23.2 Å². The first-order chi connectivity index (χ1) is 11.0. The molecule has 1 aromatic carbocycles. The van der Waals surface area contributed by atoms with Crippen molar-refractivity contribution in [3.63, 3.8) is 0 Å². The summed E-state index contributed by atoms with van der Waals surface area (Å²) in [7, 11) is 1.58. The molecule has 0 bridgehead atoms.